The van der Waals surface area contributed by atoms with E-state index in [-0.39, 0.29) is 12.8 Å². The van der Waals surface area contributed by atoms with Crippen LogP contribution in [0, 0.1) is 0 Å². The van der Waals surface area contributed by atoms with E-state index in [1.807, 2.05) is 29.6 Å². The Balaban J connectivity index is 1.42. The Morgan fingerprint density at radius 2 is 1.88 bits per heavy atom. The maximum atomic E-state index is 12.1. The van der Waals surface area contributed by atoms with E-state index in [1.165, 1.54) is 11.3 Å². The number of fused-ring (bicyclic) bond motifs is 1. The molecule has 2 aromatic carbocycles. The molecule has 25 heavy (non-hydrogen) atoms. The molecule has 0 radical (unpaired) electrons. The fourth-order valence-corrected chi connectivity index (χ4v) is 3.30. The minimum atomic E-state index is -0.365. The zero-order chi connectivity index (χ0) is 17.2. The third kappa shape index (κ3) is 3.59. The second kappa shape index (κ2) is 6.73. The molecule has 0 atom stereocenters. The van der Waals surface area contributed by atoms with Gasteiger partial charge in [0.25, 0.3) is 0 Å². The van der Waals surface area contributed by atoms with Crippen molar-refractivity contribution < 1.29 is 14.3 Å². The van der Waals surface area contributed by atoms with E-state index >= 15 is 0 Å². The normalized spacial score (nSPS) is 12.0. The van der Waals surface area contributed by atoms with Crippen molar-refractivity contribution in [2.75, 3.05) is 17.4 Å². The summed E-state index contributed by atoms with van der Waals surface area (Å²) in [6, 6.07) is 12.7. The highest BCUT2D eigenvalue weighted by atomic mass is 79.9. The van der Waals surface area contributed by atoms with Crippen molar-refractivity contribution in [3.05, 3.63) is 52.3 Å². The highest BCUT2D eigenvalue weighted by Crippen LogP contribution is 2.34. The second-order valence-corrected chi connectivity index (χ2v) is 6.97. The summed E-state index contributed by atoms with van der Waals surface area (Å²) in [6.45, 7) is 0.197. The van der Waals surface area contributed by atoms with Crippen LogP contribution in [0.15, 0.2) is 52.3 Å². The second-order valence-electron chi connectivity index (χ2n) is 5.19. The third-order valence-electron chi connectivity index (χ3n) is 3.50. The fourth-order valence-electron chi connectivity index (χ4n) is 2.32. The molecule has 0 bridgehead atoms. The molecule has 8 heteroatoms. The number of thiazole rings is 1. The number of carbonyl (C=O) groups excluding carboxylic acids is 1. The van der Waals surface area contributed by atoms with Crippen LogP contribution in [0.25, 0.3) is 11.3 Å². The summed E-state index contributed by atoms with van der Waals surface area (Å²) >= 11 is 4.77. The standard InChI is InChI=1S/C17H12BrN3O3S/c18-11-3-1-10(2-4-11)13-8-25-17(20-13)21-16(22)19-12-5-6-14-15(7-12)24-9-23-14/h1-8H,9H2,(H2,19,20,21,22). The van der Waals surface area contributed by atoms with Crippen LogP contribution in [-0.2, 0) is 0 Å². The van der Waals surface area contributed by atoms with Crippen LogP contribution in [0.5, 0.6) is 11.5 Å². The van der Waals surface area contributed by atoms with E-state index in [0.29, 0.717) is 22.3 Å². The number of benzene rings is 2. The van der Waals surface area contributed by atoms with Gasteiger partial charge in [-0.2, -0.15) is 0 Å². The Kier molecular flexibility index (Phi) is 4.29. The van der Waals surface area contributed by atoms with Crippen LogP contribution in [-0.4, -0.2) is 17.8 Å². The van der Waals surface area contributed by atoms with E-state index in [9.17, 15) is 4.79 Å². The summed E-state index contributed by atoms with van der Waals surface area (Å²) in [5.41, 5.74) is 2.42. The van der Waals surface area contributed by atoms with Crippen LogP contribution in [0.2, 0.25) is 0 Å². The Labute approximate surface area is 155 Å². The number of anilines is 2. The van der Waals surface area contributed by atoms with Crippen LogP contribution >= 0.6 is 27.3 Å². The summed E-state index contributed by atoms with van der Waals surface area (Å²) < 4.78 is 11.5. The summed E-state index contributed by atoms with van der Waals surface area (Å²) in [5.74, 6) is 1.29. The SMILES string of the molecule is O=C(Nc1ccc2c(c1)OCO2)Nc1nc(-c2ccc(Br)cc2)cs1. The molecule has 6 nitrogen and oxygen atoms in total. The first-order valence-corrected chi connectivity index (χ1v) is 9.04. The zero-order valence-electron chi connectivity index (χ0n) is 12.8. The molecule has 4 rings (SSSR count). The first-order chi connectivity index (χ1) is 12.2. The lowest BCUT2D eigenvalue weighted by Gasteiger charge is -2.06. The number of urea groups is 1. The molecular formula is C17H12BrN3O3S. The van der Waals surface area contributed by atoms with Gasteiger partial charge in [-0.25, -0.2) is 9.78 Å². The van der Waals surface area contributed by atoms with E-state index in [0.717, 1.165) is 15.7 Å². The summed E-state index contributed by atoms with van der Waals surface area (Å²) in [7, 11) is 0. The van der Waals surface area contributed by atoms with Crippen molar-refractivity contribution in [1.82, 2.24) is 4.98 Å². The number of nitrogens with zero attached hydrogens (tertiary/aromatic N) is 1. The number of hydrogen-bond donors (Lipinski definition) is 2. The van der Waals surface area contributed by atoms with Crippen molar-refractivity contribution in [3.8, 4) is 22.8 Å². The van der Waals surface area contributed by atoms with Gasteiger partial charge in [-0.3, -0.25) is 5.32 Å². The number of ether oxygens (including phenoxy) is 2. The van der Waals surface area contributed by atoms with Crippen molar-refractivity contribution in [2.45, 2.75) is 0 Å². The Bertz CT molecular complexity index is 927. The number of hydrogen-bond acceptors (Lipinski definition) is 5. The molecule has 2 heterocycles. The van der Waals surface area contributed by atoms with Gasteiger partial charge in [-0.05, 0) is 24.3 Å². The molecule has 2 N–H and O–H groups in total. The molecule has 0 spiro atoms. The molecule has 0 aliphatic carbocycles. The minimum absolute atomic E-state index is 0.197. The average molecular weight is 418 g/mol. The summed E-state index contributed by atoms with van der Waals surface area (Å²) in [4.78, 5) is 16.6. The average Bonchev–Trinajstić information content (AvgIpc) is 3.24. The molecular weight excluding hydrogens is 406 g/mol. The van der Waals surface area contributed by atoms with Gasteiger partial charge in [0.15, 0.2) is 16.6 Å². The smallest absolute Gasteiger partial charge is 0.325 e. The van der Waals surface area contributed by atoms with Crippen LogP contribution in [0.4, 0.5) is 15.6 Å². The van der Waals surface area contributed by atoms with Gasteiger partial charge in [-0.15, -0.1) is 11.3 Å². The maximum absolute atomic E-state index is 12.1. The van der Waals surface area contributed by atoms with Crippen molar-refractivity contribution in [1.29, 1.82) is 0 Å². The summed E-state index contributed by atoms with van der Waals surface area (Å²) in [6.07, 6.45) is 0. The molecule has 1 aromatic heterocycles. The lowest BCUT2D eigenvalue weighted by Crippen LogP contribution is -2.19. The molecule has 1 aliphatic heterocycles. The van der Waals surface area contributed by atoms with E-state index in [1.54, 1.807) is 18.2 Å². The van der Waals surface area contributed by atoms with Gasteiger partial charge in [0.05, 0.1) is 5.69 Å². The molecule has 1 aliphatic rings. The summed E-state index contributed by atoms with van der Waals surface area (Å²) in [5, 5.41) is 7.91. The lowest BCUT2D eigenvalue weighted by atomic mass is 10.2. The topological polar surface area (TPSA) is 72.5 Å². The van der Waals surface area contributed by atoms with Gasteiger partial charge in [-0.1, -0.05) is 28.1 Å². The number of carbonyl (C=O) groups is 1. The maximum Gasteiger partial charge on any atom is 0.325 e. The molecule has 0 unspecified atom stereocenters. The van der Waals surface area contributed by atoms with Crippen LogP contribution in [0.1, 0.15) is 0 Å². The van der Waals surface area contributed by atoms with Crippen molar-refractivity contribution in [3.63, 3.8) is 0 Å². The molecule has 2 amide bonds. The lowest BCUT2D eigenvalue weighted by molar-refractivity contribution is 0.174. The monoisotopic (exact) mass is 417 g/mol. The molecule has 126 valence electrons. The van der Waals surface area contributed by atoms with Gasteiger partial charge in [0.2, 0.25) is 6.79 Å². The van der Waals surface area contributed by atoms with Gasteiger partial charge in [0, 0.05) is 27.2 Å². The van der Waals surface area contributed by atoms with Gasteiger partial charge in [0.1, 0.15) is 0 Å². The number of nitrogens with one attached hydrogen (secondary N) is 2. The quantitative estimate of drug-likeness (QED) is 0.632. The molecule has 0 saturated carbocycles. The van der Waals surface area contributed by atoms with E-state index in [4.69, 9.17) is 9.47 Å². The molecule has 0 fully saturated rings. The zero-order valence-corrected chi connectivity index (χ0v) is 15.2. The number of halogens is 1. The van der Waals surface area contributed by atoms with E-state index in [2.05, 4.69) is 31.5 Å². The number of amides is 2. The van der Waals surface area contributed by atoms with Gasteiger partial charge < -0.3 is 14.8 Å². The third-order valence-corrected chi connectivity index (χ3v) is 4.78. The van der Waals surface area contributed by atoms with Crippen LogP contribution < -0.4 is 20.1 Å². The van der Waals surface area contributed by atoms with Crippen LogP contribution in [0.3, 0.4) is 0 Å². The highest BCUT2D eigenvalue weighted by Gasteiger charge is 2.14. The Morgan fingerprint density at radius 3 is 2.72 bits per heavy atom. The van der Waals surface area contributed by atoms with Crippen molar-refractivity contribution >= 4 is 44.1 Å². The predicted octanol–water partition coefficient (Wildman–Crippen LogP) is 4.95. The predicted molar refractivity (Wildman–Crippen MR) is 100 cm³/mol. The largest absolute Gasteiger partial charge is 0.454 e. The Hall–Kier alpha value is -2.58. The fraction of sp³-hybridized carbons (Fsp3) is 0.0588. The van der Waals surface area contributed by atoms with E-state index < -0.39 is 0 Å². The number of rotatable bonds is 3. The van der Waals surface area contributed by atoms with Gasteiger partial charge >= 0.3 is 6.03 Å². The Morgan fingerprint density at radius 1 is 1.08 bits per heavy atom. The highest BCUT2D eigenvalue weighted by molar-refractivity contribution is 9.10. The molecule has 3 aromatic rings. The minimum Gasteiger partial charge on any atom is -0.454 e. The number of aromatic nitrogens is 1. The van der Waals surface area contributed by atoms with Crippen molar-refractivity contribution in [2.24, 2.45) is 0 Å². The first kappa shape index (κ1) is 15.9. The first-order valence-electron chi connectivity index (χ1n) is 7.36. The molecule has 0 saturated heterocycles.